The molecule has 1 aromatic heterocycles. The molecule has 3 rings (SSSR count). The number of rotatable bonds is 3. The molecule has 0 spiro atoms. The number of aromatic nitrogens is 1. The number of hydrogen-bond acceptors (Lipinski definition) is 4. The van der Waals surface area contributed by atoms with Gasteiger partial charge in [0.1, 0.15) is 5.75 Å². The van der Waals surface area contributed by atoms with Crippen LogP contribution in [-0.2, 0) is 4.79 Å². The molecule has 1 aliphatic rings. The predicted octanol–water partition coefficient (Wildman–Crippen LogP) is 2.28. The van der Waals surface area contributed by atoms with Gasteiger partial charge in [-0.1, -0.05) is 12.1 Å². The molecule has 124 valence electrons. The second kappa shape index (κ2) is 7.12. The summed E-state index contributed by atoms with van der Waals surface area (Å²) in [4.78, 5) is 30.4. The number of nitrogens with zero attached hydrogens (tertiary/aromatic N) is 2. The van der Waals surface area contributed by atoms with E-state index in [0.29, 0.717) is 37.2 Å². The Morgan fingerprint density at radius 1 is 1.12 bits per heavy atom. The van der Waals surface area contributed by atoms with E-state index in [4.69, 9.17) is 0 Å². The minimum Gasteiger partial charge on any atom is -0.506 e. The van der Waals surface area contributed by atoms with Crippen molar-refractivity contribution in [2.75, 3.05) is 18.4 Å². The Hall–Kier alpha value is -2.89. The average molecular weight is 325 g/mol. The van der Waals surface area contributed by atoms with Crippen molar-refractivity contribution < 1.29 is 14.7 Å². The molecule has 0 aliphatic carbocycles. The van der Waals surface area contributed by atoms with Crippen molar-refractivity contribution in [1.29, 1.82) is 0 Å². The van der Waals surface area contributed by atoms with Gasteiger partial charge in [-0.25, -0.2) is 0 Å². The van der Waals surface area contributed by atoms with Gasteiger partial charge in [0.15, 0.2) is 0 Å². The van der Waals surface area contributed by atoms with Crippen LogP contribution in [0.1, 0.15) is 23.2 Å². The molecule has 0 saturated carbocycles. The number of nitrogens with one attached hydrogen (secondary N) is 1. The number of carbonyl (C=O) groups is 2. The van der Waals surface area contributed by atoms with Crippen LogP contribution in [0.25, 0.3) is 0 Å². The Balaban J connectivity index is 1.56. The van der Waals surface area contributed by atoms with Gasteiger partial charge in [0.25, 0.3) is 5.91 Å². The van der Waals surface area contributed by atoms with Crippen LogP contribution < -0.4 is 5.32 Å². The van der Waals surface area contributed by atoms with Crippen molar-refractivity contribution in [2.45, 2.75) is 12.8 Å². The molecular weight excluding hydrogens is 306 g/mol. The molecule has 24 heavy (non-hydrogen) atoms. The summed E-state index contributed by atoms with van der Waals surface area (Å²) in [5, 5.41) is 12.5. The molecule has 0 atom stereocenters. The summed E-state index contributed by atoms with van der Waals surface area (Å²) in [7, 11) is 0. The molecule has 0 bridgehead atoms. The Labute approximate surface area is 140 Å². The summed E-state index contributed by atoms with van der Waals surface area (Å²) < 4.78 is 0. The van der Waals surface area contributed by atoms with Crippen LogP contribution in [0.4, 0.5) is 5.69 Å². The van der Waals surface area contributed by atoms with E-state index in [9.17, 15) is 14.7 Å². The van der Waals surface area contributed by atoms with Crippen LogP contribution in [-0.4, -0.2) is 39.9 Å². The highest BCUT2D eigenvalue weighted by Gasteiger charge is 2.28. The highest BCUT2D eigenvalue weighted by atomic mass is 16.3. The number of phenolic OH excluding ortho intramolecular Hbond substituents is 1. The van der Waals surface area contributed by atoms with E-state index in [1.54, 1.807) is 47.6 Å². The lowest BCUT2D eigenvalue weighted by molar-refractivity contribution is -0.121. The fraction of sp³-hybridized carbons (Fsp3) is 0.278. The molecule has 6 nitrogen and oxygen atoms in total. The third-order valence-electron chi connectivity index (χ3n) is 4.22. The molecule has 2 aromatic rings. The van der Waals surface area contributed by atoms with Crippen LogP contribution in [0, 0.1) is 5.92 Å². The first-order valence-corrected chi connectivity index (χ1v) is 7.93. The fourth-order valence-corrected chi connectivity index (χ4v) is 2.83. The SMILES string of the molecule is O=C(Nc1ccccc1O)C1CCN(C(=O)c2cccnc2)CC1. The van der Waals surface area contributed by atoms with Crippen LogP contribution in [0.2, 0.25) is 0 Å². The van der Waals surface area contributed by atoms with Gasteiger partial charge in [0.05, 0.1) is 11.3 Å². The van der Waals surface area contributed by atoms with Crippen molar-refractivity contribution >= 4 is 17.5 Å². The van der Waals surface area contributed by atoms with Crippen LogP contribution in [0.15, 0.2) is 48.8 Å². The van der Waals surface area contributed by atoms with Gasteiger partial charge in [0, 0.05) is 31.4 Å². The van der Waals surface area contributed by atoms with Gasteiger partial charge < -0.3 is 15.3 Å². The lowest BCUT2D eigenvalue weighted by atomic mass is 9.95. The standard InChI is InChI=1S/C18H19N3O3/c22-16-6-2-1-5-15(16)20-17(23)13-7-10-21(11-8-13)18(24)14-4-3-9-19-12-14/h1-6,9,12-13,22H,7-8,10-11H2,(H,20,23). The maximum atomic E-state index is 12.4. The maximum Gasteiger partial charge on any atom is 0.255 e. The molecule has 6 heteroatoms. The van der Waals surface area contributed by atoms with Crippen molar-refractivity contribution in [3.8, 4) is 5.75 Å². The van der Waals surface area contributed by atoms with Crippen molar-refractivity contribution in [3.05, 3.63) is 54.4 Å². The summed E-state index contributed by atoms with van der Waals surface area (Å²) in [5.74, 6) is -0.287. The van der Waals surface area contributed by atoms with Gasteiger partial charge in [-0.3, -0.25) is 14.6 Å². The monoisotopic (exact) mass is 325 g/mol. The first-order valence-electron chi connectivity index (χ1n) is 7.93. The predicted molar refractivity (Wildman–Crippen MR) is 89.6 cm³/mol. The normalized spacial score (nSPS) is 15.1. The summed E-state index contributed by atoms with van der Waals surface area (Å²) in [6.45, 7) is 1.07. The lowest BCUT2D eigenvalue weighted by Crippen LogP contribution is -2.41. The number of benzene rings is 1. The van der Waals surface area contributed by atoms with Gasteiger partial charge in [-0.2, -0.15) is 0 Å². The maximum absolute atomic E-state index is 12.4. The minimum absolute atomic E-state index is 0.0510. The zero-order valence-corrected chi connectivity index (χ0v) is 13.2. The molecule has 1 aromatic carbocycles. The second-order valence-corrected chi connectivity index (χ2v) is 5.81. The highest BCUT2D eigenvalue weighted by molar-refractivity contribution is 5.95. The zero-order chi connectivity index (χ0) is 16.9. The lowest BCUT2D eigenvalue weighted by Gasteiger charge is -2.31. The Bertz CT molecular complexity index is 725. The first-order chi connectivity index (χ1) is 11.6. The largest absolute Gasteiger partial charge is 0.506 e. The number of amides is 2. The topological polar surface area (TPSA) is 82.5 Å². The molecule has 2 N–H and O–H groups in total. The van der Waals surface area contributed by atoms with E-state index < -0.39 is 0 Å². The first kappa shape index (κ1) is 16.0. The third-order valence-corrected chi connectivity index (χ3v) is 4.22. The van der Waals surface area contributed by atoms with Gasteiger partial charge in [0.2, 0.25) is 5.91 Å². The molecule has 0 radical (unpaired) electrons. The number of likely N-dealkylation sites (tertiary alicyclic amines) is 1. The van der Waals surface area contributed by atoms with Crippen molar-refractivity contribution in [3.63, 3.8) is 0 Å². The summed E-state index contributed by atoms with van der Waals surface area (Å²) >= 11 is 0. The molecule has 1 saturated heterocycles. The number of para-hydroxylation sites is 2. The highest BCUT2D eigenvalue weighted by Crippen LogP contribution is 2.25. The van der Waals surface area contributed by atoms with Crippen LogP contribution >= 0.6 is 0 Å². The molecule has 1 aliphatic heterocycles. The van der Waals surface area contributed by atoms with Crippen LogP contribution in [0.3, 0.4) is 0 Å². The molecule has 1 fully saturated rings. The van der Waals surface area contributed by atoms with Gasteiger partial charge in [-0.05, 0) is 37.1 Å². The zero-order valence-electron chi connectivity index (χ0n) is 13.2. The number of anilines is 1. The molecule has 0 unspecified atom stereocenters. The fourth-order valence-electron chi connectivity index (χ4n) is 2.83. The van der Waals surface area contributed by atoms with Crippen LogP contribution in [0.5, 0.6) is 5.75 Å². The number of piperidine rings is 1. The Kier molecular flexibility index (Phi) is 4.74. The molecule has 2 heterocycles. The van der Waals surface area contributed by atoms with E-state index in [-0.39, 0.29) is 23.5 Å². The minimum atomic E-state index is -0.164. The number of pyridine rings is 1. The quantitative estimate of drug-likeness (QED) is 0.848. The van der Waals surface area contributed by atoms with E-state index in [1.807, 2.05) is 0 Å². The Morgan fingerprint density at radius 2 is 1.88 bits per heavy atom. The van der Waals surface area contributed by atoms with E-state index in [1.165, 1.54) is 6.07 Å². The summed E-state index contributed by atoms with van der Waals surface area (Å²) in [6, 6.07) is 10.1. The van der Waals surface area contributed by atoms with E-state index in [2.05, 4.69) is 10.3 Å². The number of carbonyl (C=O) groups excluding carboxylic acids is 2. The summed E-state index contributed by atoms with van der Waals surface area (Å²) in [6.07, 6.45) is 4.39. The van der Waals surface area contributed by atoms with Crippen molar-refractivity contribution in [2.24, 2.45) is 5.92 Å². The number of aromatic hydroxyl groups is 1. The van der Waals surface area contributed by atoms with Crippen molar-refractivity contribution in [1.82, 2.24) is 9.88 Å². The van der Waals surface area contributed by atoms with E-state index in [0.717, 1.165) is 0 Å². The van der Waals surface area contributed by atoms with Gasteiger partial charge in [-0.15, -0.1) is 0 Å². The molecule has 2 amide bonds. The number of phenols is 1. The smallest absolute Gasteiger partial charge is 0.255 e. The average Bonchev–Trinajstić information content (AvgIpc) is 2.64. The molecular formula is C18H19N3O3. The third kappa shape index (κ3) is 3.53. The van der Waals surface area contributed by atoms with Gasteiger partial charge >= 0.3 is 0 Å². The number of hydrogen-bond donors (Lipinski definition) is 2. The van der Waals surface area contributed by atoms with E-state index >= 15 is 0 Å². The second-order valence-electron chi connectivity index (χ2n) is 5.81. The summed E-state index contributed by atoms with van der Waals surface area (Å²) in [5.41, 5.74) is 0.978. The Morgan fingerprint density at radius 3 is 2.54 bits per heavy atom.